The minimum atomic E-state index is 0.0804. The van der Waals surface area contributed by atoms with E-state index in [0.717, 1.165) is 19.3 Å². The molecule has 0 bridgehead atoms. The lowest BCUT2D eigenvalue weighted by atomic mass is 9.93. The van der Waals surface area contributed by atoms with Crippen molar-refractivity contribution in [2.24, 2.45) is 11.8 Å². The van der Waals surface area contributed by atoms with Gasteiger partial charge >= 0.3 is 0 Å². The van der Waals surface area contributed by atoms with Crippen LogP contribution >= 0.6 is 0 Å². The number of rotatable bonds is 7. The van der Waals surface area contributed by atoms with Crippen molar-refractivity contribution >= 4 is 5.91 Å². The summed E-state index contributed by atoms with van der Waals surface area (Å²) in [7, 11) is 0. The summed E-state index contributed by atoms with van der Waals surface area (Å²) < 4.78 is 0. The zero-order chi connectivity index (χ0) is 11.8. The molecule has 0 saturated heterocycles. The maximum absolute atomic E-state index is 11.7. The van der Waals surface area contributed by atoms with Gasteiger partial charge in [0.05, 0.1) is 0 Å². The summed E-state index contributed by atoms with van der Waals surface area (Å²) in [5, 5.41) is 0. The first-order valence-corrected chi connectivity index (χ1v) is 6.12. The smallest absolute Gasteiger partial charge is 0.237 e. The van der Waals surface area contributed by atoms with Crippen LogP contribution in [0.4, 0.5) is 0 Å². The van der Waals surface area contributed by atoms with Gasteiger partial charge in [-0.25, -0.2) is 5.43 Å². The van der Waals surface area contributed by atoms with Gasteiger partial charge in [-0.15, -0.1) is 0 Å². The molecular formula is C12H26N2O. The molecule has 2 atom stereocenters. The van der Waals surface area contributed by atoms with Gasteiger partial charge in [0.25, 0.3) is 0 Å². The molecule has 0 aromatic heterocycles. The maximum atomic E-state index is 11.7. The fraction of sp³-hybridized carbons (Fsp3) is 0.917. The Labute approximate surface area is 94.0 Å². The van der Waals surface area contributed by atoms with Crippen molar-refractivity contribution in [1.29, 1.82) is 0 Å². The average molecular weight is 214 g/mol. The van der Waals surface area contributed by atoms with Gasteiger partial charge in [0.1, 0.15) is 0 Å². The SMILES string of the molecule is CCC(CC)NNC(=O)C(C)[C@@H](C)CC. The Hall–Kier alpha value is -0.570. The van der Waals surface area contributed by atoms with Crippen molar-refractivity contribution in [2.75, 3.05) is 0 Å². The zero-order valence-corrected chi connectivity index (χ0v) is 10.8. The van der Waals surface area contributed by atoms with E-state index in [0.29, 0.717) is 12.0 Å². The molecule has 1 unspecified atom stereocenters. The third-order valence-electron chi connectivity index (χ3n) is 3.30. The van der Waals surface area contributed by atoms with Crippen LogP contribution in [0.3, 0.4) is 0 Å². The quantitative estimate of drug-likeness (QED) is 0.639. The normalized spacial score (nSPS) is 15.1. The molecule has 3 heteroatoms. The van der Waals surface area contributed by atoms with E-state index < -0.39 is 0 Å². The van der Waals surface area contributed by atoms with Crippen molar-refractivity contribution in [3.63, 3.8) is 0 Å². The van der Waals surface area contributed by atoms with Crippen LogP contribution in [-0.4, -0.2) is 11.9 Å². The standard InChI is InChI=1S/C12H26N2O/c1-6-9(4)10(5)12(15)14-13-11(7-2)8-3/h9-11,13H,6-8H2,1-5H3,(H,14,15)/t9-,10?/m0/s1. The lowest BCUT2D eigenvalue weighted by Gasteiger charge is -2.21. The Morgan fingerprint density at radius 1 is 1.07 bits per heavy atom. The molecule has 0 saturated carbocycles. The molecule has 0 heterocycles. The van der Waals surface area contributed by atoms with Gasteiger partial charge < -0.3 is 0 Å². The summed E-state index contributed by atoms with van der Waals surface area (Å²) in [4.78, 5) is 11.7. The molecule has 15 heavy (non-hydrogen) atoms. The van der Waals surface area contributed by atoms with Gasteiger partial charge in [0.2, 0.25) is 5.91 Å². The highest BCUT2D eigenvalue weighted by atomic mass is 16.2. The highest BCUT2D eigenvalue weighted by molar-refractivity contribution is 5.78. The fourth-order valence-electron chi connectivity index (χ4n) is 1.39. The maximum Gasteiger partial charge on any atom is 0.237 e. The first-order valence-electron chi connectivity index (χ1n) is 6.12. The van der Waals surface area contributed by atoms with Gasteiger partial charge in [-0.1, -0.05) is 41.0 Å². The van der Waals surface area contributed by atoms with Crippen molar-refractivity contribution in [2.45, 2.75) is 59.9 Å². The molecule has 1 amide bonds. The molecule has 3 nitrogen and oxygen atoms in total. The number of carbonyl (C=O) groups is 1. The highest BCUT2D eigenvalue weighted by Gasteiger charge is 2.18. The number of nitrogens with one attached hydrogen (secondary N) is 2. The number of amides is 1. The van der Waals surface area contributed by atoms with Gasteiger partial charge in [-0.2, -0.15) is 0 Å². The summed E-state index contributed by atoms with van der Waals surface area (Å²) >= 11 is 0. The summed E-state index contributed by atoms with van der Waals surface area (Å²) in [5.74, 6) is 0.626. The third-order valence-corrected chi connectivity index (χ3v) is 3.30. The number of hydrogen-bond acceptors (Lipinski definition) is 2. The Morgan fingerprint density at radius 2 is 1.60 bits per heavy atom. The minimum absolute atomic E-state index is 0.0804. The molecule has 0 aliphatic carbocycles. The predicted octanol–water partition coefficient (Wildman–Crippen LogP) is 2.48. The van der Waals surface area contributed by atoms with Crippen LogP contribution in [0.1, 0.15) is 53.9 Å². The number of hydrogen-bond donors (Lipinski definition) is 2. The van der Waals surface area contributed by atoms with E-state index in [2.05, 4.69) is 38.5 Å². The number of carbonyl (C=O) groups excluding carboxylic acids is 1. The van der Waals surface area contributed by atoms with E-state index in [1.165, 1.54) is 0 Å². The van der Waals surface area contributed by atoms with Crippen LogP contribution in [-0.2, 0) is 4.79 Å². The van der Waals surface area contributed by atoms with E-state index in [9.17, 15) is 4.79 Å². The first-order chi connectivity index (χ1) is 7.06. The van der Waals surface area contributed by atoms with Crippen LogP contribution < -0.4 is 10.9 Å². The van der Waals surface area contributed by atoms with Crippen molar-refractivity contribution in [1.82, 2.24) is 10.9 Å². The Balaban J connectivity index is 3.92. The van der Waals surface area contributed by atoms with Crippen LogP contribution in [0.15, 0.2) is 0 Å². The van der Waals surface area contributed by atoms with Crippen LogP contribution in [0.25, 0.3) is 0 Å². The van der Waals surface area contributed by atoms with E-state index >= 15 is 0 Å². The van der Waals surface area contributed by atoms with Crippen LogP contribution in [0.2, 0.25) is 0 Å². The lowest BCUT2D eigenvalue weighted by Crippen LogP contribution is -2.46. The summed E-state index contributed by atoms with van der Waals surface area (Å²) in [5.41, 5.74) is 5.89. The van der Waals surface area contributed by atoms with Gasteiger partial charge in [-0.3, -0.25) is 10.2 Å². The Bertz CT molecular complexity index is 178. The second-order valence-electron chi connectivity index (χ2n) is 4.32. The van der Waals surface area contributed by atoms with Crippen LogP contribution in [0.5, 0.6) is 0 Å². The van der Waals surface area contributed by atoms with Gasteiger partial charge in [0.15, 0.2) is 0 Å². The van der Waals surface area contributed by atoms with Crippen molar-refractivity contribution < 1.29 is 4.79 Å². The lowest BCUT2D eigenvalue weighted by molar-refractivity contribution is -0.127. The average Bonchev–Trinajstić information content (AvgIpc) is 2.27. The van der Waals surface area contributed by atoms with E-state index in [-0.39, 0.29) is 11.8 Å². The van der Waals surface area contributed by atoms with E-state index in [1.54, 1.807) is 0 Å². The van der Waals surface area contributed by atoms with Crippen LogP contribution in [0, 0.1) is 11.8 Å². The molecule has 0 aliphatic heterocycles. The summed E-state index contributed by atoms with van der Waals surface area (Å²) in [6.45, 7) is 10.4. The predicted molar refractivity (Wildman–Crippen MR) is 64.3 cm³/mol. The molecule has 0 fully saturated rings. The number of hydrazine groups is 1. The Morgan fingerprint density at radius 3 is 2.00 bits per heavy atom. The molecule has 90 valence electrons. The second kappa shape index (κ2) is 7.69. The van der Waals surface area contributed by atoms with E-state index in [4.69, 9.17) is 0 Å². The molecule has 0 aromatic carbocycles. The minimum Gasteiger partial charge on any atom is -0.291 e. The summed E-state index contributed by atoms with van der Waals surface area (Å²) in [6, 6.07) is 0.387. The topological polar surface area (TPSA) is 41.1 Å². The summed E-state index contributed by atoms with van der Waals surface area (Å²) in [6.07, 6.45) is 3.11. The molecule has 0 aromatic rings. The second-order valence-corrected chi connectivity index (χ2v) is 4.32. The zero-order valence-electron chi connectivity index (χ0n) is 10.8. The molecule has 0 rings (SSSR count). The highest BCUT2D eigenvalue weighted by Crippen LogP contribution is 2.13. The molecule has 0 aliphatic rings. The Kier molecular flexibility index (Phi) is 7.39. The van der Waals surface area contributed by atoms with Crippen molar-refractivity contribution in [3.8, 4) is 0 Å². The molecular weight excluding hydrogens is 188 g/mol. The molecule has 0 spiro atoms. The molecule has 0 radical (unpaired) electrons. The van der Waals surface area contributed by atoms with E-state index in [1.807, 2.05) is 6.92 Å². The molecule has 2 N–H and O–H groups in total. The van der Waals surface area contributed by atoms with Gasteiger partial charge in [-0.05, 0) is 18.8 Å². The fourth-order valence-corrected chi connectivity index (χ4v) is 1.39. The third kappa shape index (κ3) is 5.17. The first kappa shape index (κ1) is 14.4. The van der Waals surface area contributed by atoms with Gasteiger partial charge in [0, 0.05) is 12.0 Å². The monoisotopic (exact) mass is 214 g/mol. The largest absolute Gasteiger partial charge is 0.291 e. The van der Waals surface area contributed by atoms with Crippen molar-refractivity contribution in [3.05, 3.63) is 0 Å².